The first-order valence-corrected chi connectivity index (χ1v) is 8.11. The van der Waals surface area contributed by atoms with E-state index in [0.29, 0.717) is 12.6 Å². The number of rotatable bonds is 6. The van der Waals surface area contributed by atoms with Gasteiger partial charge in [-0.25, -0.2) is 4.79 Å². The van der Waals surface area contributed by atoms with Crippen LogP contribution in [-0.2, 0) is 13.6 Å². The highest BCUT2D eigenvalue weighted by molar-refractivity contribution is 5.75. The molecular formula is C17H18N6O3. The minimum atomic E-state index is -0.542. The third-order valence-corrected chi connectivity index (χ3v) is 3.88. The maximum absolute atomic E-state index is 12.3. The SMILES string of the molecule is CCOc1ccc(Nc2nc3c(c(=O)[nH]c(=O)n3C)n2CCC#N)cc1. The lowest BCUT2D eigenvalue weighted by atomic mass is 10.3. The molecule has 0 aliphatic heterocycles. The van der Waals surface area contributed by atoms with Crippen LogP contribution in [0.1, 0.15) is 13.3 Å². The predicted molar refractivity (Wildman–Crippen MR) is 96.7 cm³/mol. The van der Waals surface area contributed by atoms with Crippen molar-refractivity contribution in [1.82, 2.24) is 19.1 Å². The average molecular weight is 354 g/mol. The van der Waals surface area contributed by atoms with Crippen LogP contribution in [0.15, 0.2) is 33.9 Å². The second-order valence-corrected chi connectivity index (χ2v) is 5.57. The van der Waals surface area contributed by atoms with Crippen LogP contribution in [0.5, 0.6) is 5.75 Å². The number of benzene rings is 1. The lowest BCUT2D eigenvalue weighted by molar-refractivity contribution is 0.340. The summed E-state index contributed by atoms with van der Waals surface area (Å²) in [5.41, 5.74) is 0.164. The van der Waals surface area contributed by atoms with E-state index in [1.54, 1.807) is 4.57 Å². The molecule has 0 unspecified atom stereocenters. The summed E-state index contributed by atoms with van der Waals surface area (Å²) < 4.78 is 8.28. The minimum Gasteiger partial charge on any atom is -0.494 e. The van der Waals surface area contributed by atoms with Crippen molar-refractivity contribution in [3.05, 3.63) is 45.1 Å². The lowest BCUT2D eigenvalue weighted by Crippen LogP contribution is -2.29. The van der Waals surface area contributed by atoms with Crippen LogP contribution in [-0.4, -0.2) is 25.7 Å². The monoisotopic (exact) mass is 354 g/mol. The average Bonchev–Trinajstić information content (AvgIpc) is 2.98. The van der Waals surface area contributed by atoms with Crippen molar-refractivity contribution in [2.24, 2.45) is 7.05 Å². The van der Waals surface area contributed by atoms with Gasteiger partial charge in [-0.3, -0.25) is 14.3 Å². The molecule has 0 atom stereocenters. The number of hydrogen-bond acceptors (Lipinski definition) is 6. The number of aryl methyl sites for hydroxylation is 2. The number of aromatic nitrogens is 4. The fourth-order valence-electron chi connectivity index (χ4n) is 2.64. The third kappa shape index (κ3) is 3.17. The van der Waals surface area contributed by atoms with E-state index in [2.05, 4.69) is 21.4 Å². The van der Waals surface area contributed by atoms with Crippen molar-refractivity contribution in [1.29, 1.82) is 5.26 Å². The first-order valence-electron chi connectivity index (χ1n) is 8.11. The zero-order valence-electron chi connectivity index (χ0n) is 14.4. The largest absolute Gasteiger partial charge is 0.494 e. The first kappa shape index (κ1) is 17.3. The third-order valence-electron chi connectivity index (χ3n) is 3.88. The molecule has 134 valence electrons. The van der Waals surface area contributed by atoms with E-state index in [9.17, 15) is 9.59 Å². The summed E-state index contributed by atoms with van der Waals surface area (Å²) in [6.07, 6.45) is 0.200. The molecule has 2 heterocycles. The molecule has 9 nitrogen and oxygen atoms in total. The summed E-state index contributed by atoms with van der Waals surface area (Å²) in [6, 6.07) is 9.33. The van der Waals surface area contributed by atoms with Gasteiger partial charge in [0, 0.05) is 19.3 Å². The maximum atomic E-state index is 12.3. The van der Waals surface area contributed by atoms with E-state index in [1.165, 1.54) is 11.6 Å². The van der Waals surface area contributed by atoms with E-state index >= 15 is 0 Å². The molecular weight excluding hydrogens is 336 g/mol. The number of anilines is 2. The zero-order valence-corrected chi connectivity index (χ0v) is 14.4. The van der Waals surface area contributed by atoms with E-state index < -0.39 is 11.2 Å². The Labute approximate surface area is 148 Å². The molecule has 0 bridgehead atoms. The Bertz CT molecular complexity index is 1090. The molecule has 0 saturated heterocycles. The summed E-state index contributed by atoms with van der Waals surface area (Å²) >= 11 is 0. The van der Waals surface area contributed by atoms with Crippen molar-refractivity contribution in [3.63, 3.8) is 0 Å². The van der Waals surface area contributed by atoms with Gasteiger partial charge >= 0.3 is 5.69 Å². The van der Waals surface area contributed by atoms with E-state index in [0.717, 1.165) is 11.4 Å². The molecule has 9 heteroatoms. The number of H-pyrrole nitrogens is 1. The number of fused-ring (bicyclic) bond motifs is 1. The van der Waals surface area contributed by atoms with Gasteiger partial charge in [-0.15, -0.1) is 0 Å². The fourth-order valence-corrected chi connectivity index (χ4v) is 2.64. The molecule has 0 radical (unpaired) electrons. The minimum absolute atomic E-state index is 0.200. The van der Waals surface area contributed by atoms with Crippen molar-refractivity contribution in [2.45, 2.75) is 19.9 Å². The number of imidazole rings is 1. The lowest BCUT2D eigenvalue weighted by Gasteiger charge is -2.09. The van der Waals surface area contributed by atoms with Gasteiger partial charge < -0.3 is 14.6 Å². The second-order valence-electron chi connectivity index (χ2n) is 5.57. The molecule has 0 spiro atoms. The quantitative estimate of drug-likeness (QED) is 0.692. The van der Waals surface area contributed by atoms with E-state index in [1.807, 2.05) is 31.2 Å². The van der Waals surface area contributed by atoms with Crippen LogP contribution in [0, 0.1) is 11.3 Å². The number of hydrogen-bond donors (Lipinski definition) is 2. The van der Waals surface area contributed by atoms with Gasteiger partial charge in [-0.05, 0) is 31.2 Å². The van der Waals surface area contributed by atoms with Crippen LogP contribution in [0.3, 0.4) is 0 Å². The van der Waals surface area contributed by atoms with Gasteiger partial charge in [0.05, 0.1) is 19.1 Å². The Morgan fingerprint density at radius 2 is 2.04 bits per heavy atom. The van der Waals surface area contributed by atoms with Crippen molar-refractivity contribution >= 4 is 22.8 Å². The van der Waals surface area contributed by atoms with Crippen molar-refractivity contribution < 1.29 is 4.74 Å². The Balaban J connectivity index is 2.08. The summed E-state index contributed by atoms with van der Waals surface area (Å²) in [6.45, 7) is 2.76. The van der Waals surface area contributed by atoms with Gasteiger partial charge in [0.2, 0.25) is 5.95 Å². The normalized spacial score (nSPS) is 10.7. The van der Waals surface area contributed by atoms with Crippen LogP contribution in [0.25, 0.3) is 11.2 Å². The molecule has 3 aromatic rings. The Kier molecular flexibility index (Phi) is 4.75. The van der Waals surface area contributed by atoms with Gasteiger partial charge in [0.1, 0.15) is 5.75 Å². The van der Waals surface area contributed by atoms with Gasteiger partial charge in [0.15, 0.2) is 11.2 Å². The molecule has 0 fully saturated rings. The highest BCUT2D eigenvalue weighted by atomic mass is 16.5. The molecule has 0 amide bonds. The molecule has 2 N–H and O–H groups in total. The van der Waals surface area contributed by atoms with E-state index in [4.69, 9.17) is 10.00 Å². The van der Waals surface area contributed by atoms with Crippen molar-refractivity contribution in [2.75, 3.05) is 11.9 Å². The number of nitriles is 1. The standard InChI is InChI=1S/C17H18N6O3/c1-3-26-12-7-5-11(6-8-12)19-16-20-14-13(23(16)10-4-9-18)15(24)21-17(25)22(14)2/h5-8H,3-4,10H2,1-2H3,(H,19,20)(H,21,24,25). The summed E-state index contributed by atoms with van der Waals surface area (Å²) in [4.78, 5) is 30.7. The molecule has 2 aromatic heterocycles. The smallest absolute Gasteiger partial charge is 0.329 e. The summed E-state index contributed by atoms with van der Waals surface area (Å²) in [7, 11) is 1.53. The van der Waals surface area contributed by atoms with Gasteiger partial charge in [-0.1, -0.05) is 0 Å². The van der Waals surface area contributed by atoms with Crippen LogP contribution < -0.4 is 21.3 Å². The number of aromatic amines is 1. The summed E-state index contributed by atoms with van der Waals surface area (Å²) in [5, 5.41) is 12.0. The van der Waals surface area contributed by atoms with Crippen LogP contribution in [0.4, 0.5) is 11.6 Å². The number of ether oxygens (including phenoxy) is 1. The van der Waals surface area contributed by atoms with Crippen LogP contribution in [0.2, 0.25) is 0 Å². The van der Waals surface area contributed by atoms with Gasteiger partial charge in [0.25, 0.3) is 5.56 Å². The van der Waals surface area contributed by atoms with E-state index in [-0.39, 0.29) is 24.1 Å². The van der Waals surface area contributed by atoms with Gasteiger partial charge in [-0.2, -0.15) is 10.2 Å². The summed E-state index contributed by atoms with van der Waals surface area (Å²) in [5.74, 6) is 1.13. The highest BCUT2D eigenvalue weighted by Gasteiger charge is 2.17. The first-order chi connectivity index (χ1) is 12.5. The number of nitrogens with zero attached hydrogens (tertiary/aromatic N) is 4. The highest BCUT2D eigenvalue weighted by Crippen LogP contribution is 2.22. The Hall–Kier alpha value is -3.54. The topological polar surface area (TPSA) is 118 Å². The van der Waals surface area contributed by atoms with Crippen LogP contribution >= 0.6 is 0 Å². The maximum Gasteiger partial charge on any atom is 0.329 e. The molecule has 0 aliphatic rings. The molecule has 3 rings (SSSR count). The number of nitrogens with one attached hydrogen (secondary N) is 2. The Morgan fingerprint density at radius 3 is 2.69 bits per heavy atom. The molecule has 26 heavy (non-hydrogen) atoms. The zero-order chi connectivity index (χ0) is 18.7. The van der Waals surface area contributed by atoms with Crippen molar-refractivity contribution in [3.8, 4) is 11.8 Å². The fraction of sp³-hybridized carbons (Fsp3) is 0.294. The molecule has 1 aromatic carbocycles. The molecule has 0 aliphatic carbocycles. The molecule has 0 saturated carbocycles. The second kappa shape index (κ2) is 7.14. The predicted octanol–water partition coefficient (Wildman–Crippen LogP) is 1.48. The Morgan fingerprint density at radius 1 is 1.31 bits per heavy atom.